The van der Waals surface area contributed by atoms with Crippen molar-refractivity contribution in [1.29, 1.82) is 0 Å². The van der Waals surface area contributed by atoms with Crippen LogP contribution in [0.2, 0.25) is 0 Å². The summed E-state index contributed by atoms with van der Waals surface area (Å²) >= 11 is 0. The van der Waals surface area contributed by atoms with Gasteiger partial charge in [0, 0.05) is 25.2 Å². The number of amides is 1. The number of carbonyl (C=O) groups excluding carboxylic acids is 1. The Morgan fingerprint density at radius 2 is 1.67 bits per heavy atom. The van der Waals surface area contributed by atoms with Crippen LogP contribution in [0.1, 0.15) is 35.3 Å². The van der Waals surface area contributed by atoms with Gasteiger partial charge in [-0.2, -0.15) is 0 Å². The normalized spacial score (nSPS) is 11.0. The Morgan fingerprint density at radius 1 is 0.900 bits per heavy atom. The minimum absolute atomic E-state index is 0.0664. The van der Waals surface area contributed by atoms with Crippen molar-refractivity contribution in [3.63, 3.8) is 0 Å². The number of hydrogen-bond donors (Lipinski definition) is 3. The number of carbonyl (C=O) groups is 1. The van der Waals surface area contributed by atoms with Crippen LogP contribution in [-0.2, 0) is 13.0 Å². The highest BCUT2D eigenvalue weighted by Crippen LogP contribution is 2.27. The van der Waals surface area contributed by atoms with E-state index in [-0.39, 0.29) is 5.91 Å². The summed E-state index contributed by atoms with van der Waals surface area (Å²) in [6.45, 7) is 6.51. The molecule has 1 amide bonds. The Kier molecular flexibility index (Phi) is 9.51. The molecular formula is C23H32N4O3. The smallest absolute Gasteiger partial charge is 0.251 e. The second kappa shape index (κ2) is 12.4. The molecule has 0 aliphatic heterocycles. The standard InChI is InChI=1S/C23H32N4O3/c1-5-24-22(28)19-9-7-8-18(14-19)16-27-23(25-6-2)26-13-12-17-10-11-20(29-3)21(15-17)30-4/h7-11,14-15H,5-6,12-13,16H2,1-4H3,(H,24,28)(H2,25,26,27). The van der Waals surface area contributed by atoms with Crippen molar-refractivity contribution >= 4 is 11.9 Å². The maximum absolute atomic E-state index is 12.0. The molecule has 0 aromatic heterocycles. The first-order valence-corrected chi connectivity index (χ1v) is 10.2. The summed E-state index contributed by atoms with van der Waals surface area (Å²) in [6, 6.07) is 13.5. The lowest BCUT2D eigenvalue weighted by molar-refractivity contribution is 0.0955. The molecule has 0 aliphatic carbocycles. The van der Waals surface area contributed by atoms with E-state index in [2.05, 4.69) is 20.9 Å². The molecule has 0 atom stereocenters. The van der Waals surface area contributed by atoms with Crippen LogP contribution in [0.15, 0.2) is 47.5 Å². The fourth-order valence-electron chi connectivity index (χ4n) is 2.95. The first kappa shape index (κ1) is 23.1. The fourth-order valence-corrected chi connectivity index (χ4v) is 2.95. The van der Waals surface area contributed by atoms with Crippen molar-refractivity contribution in [3.8, 4) is 11.5 Å². The SMILES string of the molecule is CCNC(=O)c1cccc(CN=C(NCC)NCCc2ccc(OC)c(OC)c2)c1. The summed E-state index contributed by atoms with van der Waals surface area (Å²) in [5, 5.41) is 9.42. The predicted octanol–water partition coefficient (Wildman–Crippen LogP) is 2.75. The molecule has 7 heteroatoms. The number of hydrogen-bond acceptors (Lipinski definition) is 4. The molecule has 0 heterocycles. The molecule has 30 heavy (non-hydrogen) atoms. The van der Waals surface area contributed by atoms with Crippen LogP contribution in [0, 0.1) is 0 Å². The summed E-state index contributed by atoms with van der Waals surface area (Å²) in [5.74, 6) is 2.12. The van der Waals surface area contributed by atoms with E-state index in [1.807, 2.05) is 56.3 Å². The first-order valence-electron chi connectivity index (χ1n) is 10.2. The van der Waals surface area contributed by atoms with Crippen molar-refractivity contribution in [2.24, 2.45) is 4.99 Å². The number of guanidine groups is 1. The molecule has 2 rings (SSSR count). The van der Waals surface area contributed by atoms with Crippen LogP contribution < -0.4 is 25.4 Å². The average Bonchev–Trinajstić information content (AvgIpc) is 2.77. The molecule has 0 spiro atoms. The Hall–Kier alpha value is -3.22. The van der Waals surface area contributed by atoms with E-state index in [0.29, 0.717) is 18.7 Å². The minimum atomic E-state index is -0.0664. The van der Waals surface area contributed by atoms with E-state index in [4.69, 9.17) is 9.47 Å². The van der Waals surface area contributed by atoms with Crippen molar-refractivity contribution in [3.05, 3.63) is 59.2 Å². The van der Waals surface area contributed by atoms with Crippen LogP contribution in [0.3, 0.4) is 0 Å². The molecule has 0 unspecified atom stereocenters. The molecule has 0 fully saturated rings. The van der Waals surface area contributed by atoms with Gasteiger partial charge in [0.15, 0.2) is 17.5 Å². The third-order valence-corrected chi connectivity index (χ3v) is 4.44. The van der Waals surface area contributed by atoms with Gasteiger partial charge in [-0.1, -0.05) is 18.2 Å². The summed E-state index contributed by atoms with van der Waals surface area (Å²) in [4.78, 5) is 16.7. The van der Waals surface area contributed by atoms with Gasteiger partial charge >= 0.3 is 0 Å². The third-order valence-electron chi connectivity index (χ3n) is 4.44. The van der Waals surface area contributed by atoms with Gasteiger partial charge in [-0.3, -0.25) is 4.79 Å². The van der Waals surface area contributed by atoms with Crippen LogP contribution in [0.5, 0.6) is 11.5 Å². The first-order chi connectivity index (χ1) is 14.6. The predicted molar refractivity (Wildman–Crippen MR) is 121 cm³/mol. The van der Waals surface area contributed by atoms with Gasteiger partial charge < -0.3 is 25.4 Å². The molecular weight excluding hydrogens is 380 g/mol. The van der Waals surface area contributed by atoms with E-state index in [1.165, 1.54) is 0 Å². The molecule has 0 radical (unpaired) electrons. The third kappa shape index (κ3) is 6.99. The van der Waals surface area contributed by atoms with Crippen LogP contribution >= 0.6 is 0 Å². The average molecular weight is 413 g/mol. The molecule has 2 aromatic carbocycles. The lowest BCUT2D eigenvalue weighted by Crippen LogP contribution is -2.38. The highest BCUT2D eigenvalue weighted by molar-refractivity contribution is 5.94. The Labute approximate surface area is 178 Å². The van der Waals surface area contributed by atoms with Gasteiger partial charge in [0.25, 0.3) is 5.91 Å². The van der Waals surface area contributed by atoms with Crippen molar-refractivity contribution in [2.45, 2.75) is 26.8 Å². The Bertz CT molecular complexity index is 852. The van der Waals surface area contributed by atoms with Crippen LogP contribution in [0.25, 0.3) is 0 Å². The Morgan fingerprint density at radius 3 is 2.37 bits per heavy atom. The largest absolute Gasteiger partial charge is 0.493 e. The van der Waals surface area contributed by atoms with E-state index < -0.39 is 0 Å². The van der Waals surface area contributed by atoms with E-state index in [1.54, 1.807) is 14.2 Å². The Balaban J connectivity index is 1.96. The molecule has 0 saturated heterocycles. The molecule has 3 N–H and O–H groups in total. The topological polar surface area (TPSA) is 84.0 Å². The second-order valence-electron chi connectivity index (χ2n) is 6.62. The number of rotatable bonds is 10. The van der Waals surface area contributed by atoms with Gasteiger partial charge in [-0.25, -0.2) is 4.99 Å². The van der Waals surface area contributed by atoms with Crippen LogP contribution in [0.4, 0.5) is 0 Å². The molecule has 0 aliphatic rings. The number of benzene rings is 2. The lowest BCUT2D eigenvalue weighted by Gasteiger charge is -2.13. The number of nitrogens with one attached hydrogen (secondary N) is 3. The zero-order chi connectivity index (χ0) is 21.8. The second-order valence-corrected chi connectivity index (χ2v) is 6.62. The zero-order valence-corrected chi connectivity index (χ0v) is 18.2. The summed E-state index contributed by atoms with van der Waals surface area (Å²) in [7, 11) is 3.26. The van der Waals surface area contributed by atoms with Crippen molar-refractivity contribution < 1.29 is 14.3 Å². The summed E-state index contributed by atoms with van der Waals surface area (Å²) in [6.07, 6.45) is 0.817. The molecule has 0 bridgehead atoms. The van der Waals surface area contributed by atoms with Crippen molar-refractivity contribution in [2.75, 3.05) is 33.9 Å². The number of methoxy groups -OCH3 is 2. The molecule has 2 aromatic rings. The molecule has 7 nitrogen and oxygen atoms in total. The summed E-state index contributed by atoms with van der Waals surface area (Å²) < 4.78 is 10.6. The zero-order valence-electron chi connectivity index (χ0n) is 18.2. The fraction of sp³-hybridized carbons (Fsp3) is 0.391. The maximum atomic E-state index is 12.0. The van der Waals surface area contributed by atoms with Gasteiger partial charge in [0.05, 0.1) is 20.8 Å². The van der Waals surface area contributed by atoms with Gasteiger partial charge in [-0.15, -0.1) is 0 Å². The van der Waals surface area contributed by atoms with Gasteiger partial charge in [0.2, 0.25) is 0 Å². The highest BCUT2D eigenvalue weighted by atomic mass is 16.5. The molecule has 162 valence electrons. The highest BCUT2D eigenvalue weighted by Gasteiger charge is 2.06. The van der Waals surface area contributed by atoms with Gasteiger partial charge in [-0.05, 0) is 55.7 Å². The lowest BCUT2D eigenvalue weighted by atomic mass is 10.1. The van der Waals surface area contributed by atoms with Gasteiger partial charge in [0.1, 0.15) is 0 Å². The van der Waals surface area contributed by atoms with E-state index in [0.717, 1.165) is 48.1 Å². The van der Waals surface area contributed by atoms with E-state index >= 15 is 0 Å². The number of aliphatic imine (C=N–C) groups is 1. The van der Waals surface area contributed by atoms with Crippen molar-refractivity contribution in [1.82, 2.24) is 16.0 Å². The van der Waals surface area contributed by atoms with Crippen LogP contribution in [-0.4, -0.2) is 45.7 Å². The van der Waals surface area contributed by atoms with E-state index in [9.17, 15) is 4.79 Å². The molecule has 0 saturated carbocycles. The monoisotopic (exact) mass is 412 g/mol. The maximum Gasteiger partial charge on any atom is 0.251 e. The summed E-state index contributed by atoms with van der Waals surface area (Å²) in [5.41, 5.74) is 2.78. The quantitative estimate of drug-likeness (QED) is 0.413. The number of ether oxygens (including phenoxy) is 2. The minimum Gasteiger partial charge on any atom is -0.493 e. The number of nitrogens with zero attached hydrogens (tertiary/aromatic N) is 1.